The number of likely N-dealkylation sites (N-methyl/N-ethyl adjacent to an activating group) is 1. The van der Waals surface area contributed by atoms with E-state index in [1.54, 1.807) is 0 Å². The van der Waals surface area contributed by atoms with Crippen LogP contribution in [-0.4, -0.2) is 43.0 Å². The fraction of sp³-hybridized carbons (Fsp3) is 0.533. The van der Waals surface area contributed by atoms with E-state index in [1.807, 2.05) is 18.2 Å². The van der Waals surface area contributed by atoms with Crippen LogP contribution in [0.25, 0.3) is 0 Å². The maximum Gasteiger partial charge on any atom is 0.0991 e. The molecule has 1 saturated heterocycles. The zero-order valence-electron chi connectivity index (χ0n) is 11.3. The molecule has 1 aromatic carbocycles. The highest BCUT2D eigenvalue weighted by molar-refractivity contribution is 5.32. The van der Waals surface area contributed by atoms with E-state index in [1.165, 1.54) is 24.9 Å². The van der Waals surface area contributed by atoms with E-state index in [4.69, 9.17) is 5.26 Å². The minimum Gasteiger partial charge on any atom is -0.305 e. The molecule has 0 radical (unpaired) electrons. The average molecular weight is 243 g/mol. The molecular weight excluding hydrogens is 222 g/mol. The van der Waals surface area contributed by atoms with Gasteiger partial charge >= 0.3 is 0 Å². The van der Waals surface area contributed by atoms with Crippen LogP contribution in [0, 0.1) is 11.3 Å². The minimum atomic E-state index is 0.665. The first-order valence-electron chi connectivity index (χ1n) is 6.57. The van der Waals surface area contributed by atoms with Crippen LogP contribution in [0.1, 0.15) is 24.0 Å². The zero-order chi connectivity index (χ0) is 13.0. The molecule has 3 heteroatoms. The monoisotopic (exact) mass is 243 g/mol. The summed E-state index contributed by atoms with van der Waals surface area (Å²) in [5.74, 6) is 0. The van der Waals surface area contributed by atoms with Crippen LogP contribution in [0.3, 0.4) is 0 Å². The summed E-state index contributed by atoms with van der Waals surface area (Å²) >= 11 is 0. The quantitative estimate of drug-likeness (QED) is 0.814. The van der Waals surface area contributed by atoms with Gasteiger partial charge < -0.3 is 4.90 Å². The summed E-state index contributed by atoms with van der Waals surface area (Å²) in [6.45, 7) is 3.25. The van der Waals surface area contributed by atoms with Gasteiger partial charge in [0.2, 0.25) is 0 Å². The Bertz CT molecular complexity index is 434. The first-order chi connectivity index (χ1) is 8.69. The van der Waals surface area contributed by atoms with Gasteiger partial charge in [0.05, 0.1) is 11.6 Å². The number of nitriles is 1. The Morgan fingerprint density at radius 1 is 1.44 bits per heavy atom. The largest absolute Gasteiger partial charge is 0.305 e. The molecule has 0 N–H and O–H groups in total. The summed E-state index contributed by atoms with van der Waals surface area (Å²) in [6.07, 6.45) is 2.56. The van der Waals surface area contributed by atoms with Crippen LogP contribution in [0.4, 0.5) is 0 Å². The number of hydrogen-bond acceptors (Lipinski definition) is 3. The fourth-order valence-corrected chi connectivity index (χ4v) is 2.59. The van der Waals surface area contributed by atoms with Gasteiger partial charge in [0.15, 0.2) is 0 Å². The molecule has 2 rings (SSSR count). The van der Waals surface area contributed by atoms with Crippen molar-refractivity contribution in [1.29, 1.82) is 5.26 Å². The highest BCUT2D eigenvalue weighted by Gasteiger charge is 2.21. The predicted molar refractivity (Wildman–Crippen MR) is 73.1 cm³/mol. The Balaban J connectivity index is 1.98. The maximum atomic E-state index is 8.91. The molecule has 1 unspecified atom stereocenters. The average Bonchev–Trinajstić information content (AvgIpc) is 2.39. The predicted octanol–water partition coefficient (Wildman–Crippen LogP) is 2.08. The lowest BCUT2D eigenvalue weighted by molar-refractivity contribution is 0.128. The van der Waals surface area contributed by atoms with Crippen molar-refractivity contribution < 1.29 is 0 Å². The second kappa shape index (κ2) is 5.99. The molecule has 1 aliphatic heterocycles. The molecule has 0 aliphatic carbocycles. The minimum absolute atomic E-state index is 0.665. The van der Waals surface area contributed by atoms with Gasteiger partial charge in [0, 0.05) is 19.1 Å². The second-order valence-corrected chi connectivity index (χ2v) is 5.31. The van der Waals surface area contributed by atoms with Gasteiger partial charge in [-0.25, -0.2) is 0 Å². The maximum absolute atomic E-state index is 8.91. The first kappa shape index (κ1) is 13.1. The number of benzene rings is 1. The smallest absolute Gasteiger partial charge is 0.0991 e. The normalized spacial score (nSPS) is 20.9. The molecular formula is C15H21N3. The van der Waals surface area contributed by atoms with Crippen molar-refractivity contribution in [2.24, 2.45) is 0 Å². The van der Waals surface area contributed by atoms with Crippen LogP contribution < -0.4 is 0 Å². The van der Waals surface area contributed by atoms with Gasteiger partial charge in [-0.2, -0.15) is 5.26 Å². The first-order valence-corrected chi connectivity index (χ1v) is 6.57. The van der Waals surface area contributed by atoms with E-state index in [9.17, 15) is 0 Å². The van der Waals surface area contributed by atoms with E-state index >= 15 is 0 Å². The van der Waals surface area contributed by atoms with Crippen LogP contribution in [0.15, 0.2) is 24.3 Å². The van der Waals surface area contributed by atoms with Crippen molar-refractivity contribution in [2.75, 3.05) is 27.2 Å². The number of nitrogens with zero attached hydrogens (tertiary/aromatic N) is 3. The summed E-state index contributed by atoms with van der Waals surface area (Å²) in [6, 6.07) is 10.8. The fourth-order valence-electron chi connectivity index (χ4n) is 2.59. The van der Waals surface area contributed by atoms with Gasteiger partial charge in [-0.15, -0.1) is 0 Å². The molecule has 1 fully saturated rings. The van der Waals surface area contributed by atoms with E-state index in [2.05, 4.69) is 36.0 Å². The zero-order valence-corrected chi connectivity index (χ0v) is 11.3. The van der Waals surface area contributed by atoms with Crippen molar-refractivity contribution in [1.82, 2.24) is 9.80 Å². The van der Waals surface area contributed by atoms with Gasteiger partial charge in [-0.3, -0.25) is 4.90 Å². The van der Waals surface area contributed by atoms with Crippen molar-refractivity contribution in [2.45, 2.75) is 25.4 Å². The molecule has 1 aliphatic rings. The molecule has 1 atom stereocenters. The molecule has 96 valence electrons. The van der Waals surface area contributed by atoms with Gasteiger partial charge in [0.25, 0.3) is 0 Å². The lowest BCUT2D eigenvalue weighted by atomic mass is 10.0. The van der Waals surface area contributed by atoms with Crippen LogP contribution in [0.2, 0.25) is 0 Å². The molecule has 18 heavy (non-hydrogen) atoms. The Kier molecular flexibility index (Phi) is 4.35. The number of hydrogen-bond donors (Lipinski definition) is 0. The molecule has 0 spiro atoms. The standard InChI is InChI=1S/C15H21N3/c1-17(2)15-7-4-8-18(12-15)11-14-6-3-5-13(9-14)10-16/h3,5-6,9,15H,4,7-8,11-12H2,1-2H3. The summed E-state index contributed by atoms with van der Waals surface area (Å²) in [4.78, 5) is 4.81. The summed E-state index contributed by atoms with van der Waals surface area (Å²) in [5, 5.41) is 8.91. The number of piperidine rings is 1. The van der Waals surface area contributed by atoms with Crippen LogP contribution in [0.5, 0.6) is 0 Å². The van der Waals surface area contributed by atoms with Crippen LogP contribution in [-0.2, 0) is 6.54 Å². The van der Waals surface area contributed by atoms with E-state index in [0.717, 1.165) is 18.7 Å². The highest BCUT2D eigenvalue weighted by Crippen LogP contribution is 2.16. The Morgan fingerprint density at radius 2 is 2.28 bits per heavy atom. The molecule has 0 bridgehead atoms. The number of rotatable bonds is 3. The van der Waals surface area contributed by atoms with Gasteiger partial charge in [0.1, 0.15) is 0 Å². The van der Waals surface area contributed by atoms with E-state index < -0.39 is 0 Å². The van der Waals surface area contributed by atoms with Gasteiger partial charge in [-0.1, -0.05) is 12.1 Å². The summed E-state index contributed by atoms with van der Waals surface area (Å²) < 4.78 is 0. The highest BCUT2D eigenvalue weighted by atomic mass is 15.2. The van der Waals surface area contributed by atoms with Crippen LogP contribution >= 0.6 is 0 Å². The number of likely N-dealkylation sites (tertiary alicyclic amines) is 1. The third-order valence-electron chi connectivity index (χ3n) is 3.67. The molecule has 3 nitrogen and oxygen atoms in total. The molecule has 0 amide bonds. The van der Waals surface area contributed by atoms with E-state index in [0.29, 0.717) is 6.04 Å². The van der Waals surface area contributed by atoms with Crippen molar-refractivity contribution >= 4 is 0 Å². The van der Waals surface area contributed by atoms with Crippen molar-refractivity contribution in [3.8, 4) is 6.07 Å². The lowest BCUT2D eigenvalue weighted by Gasteiger charge is -2.36. The van der Waals surface area contributed by atoms with Gasteiger partial charge in [-0.05, 0) is 51.2 Å². The summed E-state index contributed by atoms with van der Waals surface area (Å²) in [5.41, 5.74) is 2.00. The SMILES string of the molecule is CN(C)C1CCCN(Cc2cccc(C#N)c2)C1. The molecule has 1 heterocycles. The Hall–Kier alpha value is -1.37. The van der Waals surface area contributed by atoms with Crippen molar-refractivity contribution in [3.05, 3.63) is 35.4 Å². The lowest BCUT2D eigenvalue weighted by Crippen LogP contribution is -2.44. The molecule has 0 aromatic heterocycles. The third kappa shape index (κ3) is 3.32. The second-order valence-electron chi connectivity index (χ2n) is 5.31. The molecule has 1 aromatic rings. The summed E-state index contributed by atoms with van der Waals surface area (Å²) in [7, 11) is 4.31. The van der Waals surface area contributed by atoms with Crippen molar-refractivity contribution in [3.63, 3.8) is 0 Å². The topological polar surface area (TPSA) is 30.3 Å². The van der Waals surface area contributed by atoms with E-state index in [-0.39, 0.29) is 0 Å². The Labute approximate surface area is 110 Å². The molecule has 0 saturated carbocycles. The Morgan fingerprint density at radius 3 is 3.00 bits per heavy atom. The third-order valence-corrected chi connectivity index (χ3v) is 3.67.